The molecule has 5 rings (SSSR count). The molecule has 2 aliphatic heterocycles. The molecule has 2 aromatic carbocycles. The van der Waals surface area contributed by atoms with E-state index in [4.69, 9.17) is 27.9 Å². The van der Waals surface area contributed by atoms with Crippen molar-refractivity contribution in [2.75, 3.05) is 26.3 Å². The summed E-state index contributed by atoms with van der Waals surface area (Å²) in [5, 5.41) is 1.33. The molecule has 0 bridgehead atoms. The highest BCUT2D eigenvalue weighted by molar-refractivity contribution is 6.35. The van der Waals surface area contributed by atoms with E-state index in [0.29, 0.717) is 16.1 Å². The minimum absolute atomic E-state index is 0.0642. The van der Waals surface area contributed by atoms with Crippen LogP contribution in [0.25, 0.3) is 16.6 Å². The van der Waals surface area contributed by atoms with E-state index in [0.717, 1.165) is 62.2 Å². The lowest BCUT2D eigenvalue weighted by atomic mass is 9.96. The topological polar surface area (TPSA) is 30.3 Å². The lowest BCUT2D eigenvalue weighted by molar-refractivity contribution is 0.0378. The smallest absolute Gasteiger partial charge is 0.0964 e. The maximum Gasteiger partial charge on any atom is 0.0964 e. The molecule has 0 radical (unpaired) electrons. The van der Waals surface area contributed by atoms with Crippen LogP contribution in [0.5, 0.6) is 0 Å². The van der Waals surface area contributed by atoms with Crippen LogP contribution in [-0.4, -0.2) is 46.8 Å². The summed E-state index contributed by atoms with van der Waals surface area (Å²) in [6.07, 6.45) is 7.70. The first-order valence-corrected chi connectivity index (χ1v) is 11.8. The summed E-state index contributed by atoms with van der Waals surface area (Å²) in [7, 11) is 0. The molecule has 0 N–H and O–H groups in total. The monoisotopic (exact) mass is 455 g/mol. The van der Waals surface area contributed by atoms with Crippen LogP contribution in [0.15, 0.2) is 48.8 Å². The number of aromatic nitrogens is 2. The minimum Gasteiger partial charge on any atom is -0.381 e. The average molecular weight is 456 g/mol. The third kappa shape index (κ3) is 4.27. The Bertz CT molecular complexity index is 1120. The molecule has 162 valence electrons. The highest BCUT2D eigenvalue weighted by Crippen LogP contribution is 2.32. The van der Waals surface area contributed by atoms with Crippen molar-refractivity contribution >= 4 is 39.8 Å². The molecule has 3 heterocycles. The van der Waals surface area contributed by atoms with Gasteiger partial charge in [0.2, 0.25) is 0 Å². The molecule has 0 amide bonds. The zero-order valence-electron chi connectivity index (χ0n) is 17.7. The van der Waals surface area contributed by atoms with Crippen LogP contribution < -0.4 is 0 Å². The number of hydrogen-bond acceptors (Lipinski definition) is 3. The van der Waals surface area contributed by atoms with Crippen LogP contribution in [-0.2, 0) is 4.74 Å². The van der Waals surface area contributed by atoms with Gasteiger partial charge in [0, 0.05) is 42.4 Å². The Morgan fingerprint density at radius 3 is 2.68 bits per heavy atom. The number of halogens is 2. The Labute approximate surface area is 193 Å². The molecule has 1 aromatic heterocycles. The number of imidazole rings is 1. The molecular weight excluding hydrogens is 429 g/mol. The predicted molar refractivity (Wildman–Crippen MR) is 128 cm³/mol. The van der Waals surface area contributed by atoms with Crippen molar-refractivity contribution in [2.45, 2.75) is 38.3 Å². The van der Waals surface area contributed by atoms with Crippen LogP contribution in [0.2, 0.25) is 10.0 Å². The Balaban J connectivity index is 1.41. The summed E-state index contributed by atoms with van der Waals surface area (Å²) in [6, 6.07) is 13.0. The Morgan fingerprint density at radius 2 is 1.94 bits per heavy atom. The summed E-state index contributed by atoms with van der Waals surface area (Å²) in [4.78, 5) is 7.24. The van der Waals surface area contributed by atoms with Gasteiger partial charge in [-0.3, -0.25) is 4.90 Å². The van der Waals surface area contributed by atoms with Gasteiger partial charge in [0.1, 0.15) is 0 Å². The number of hydrogen-bond donors (Lipinski definition) is 0. The fraction of sp³-hybridized carbons (Fsp3) is 0.400. The SMILES string of the molecule is CC(c1ccc(Cl)cc1Cl)n1cnc2ccc(C3=CCN(C4CCOCC4)CC3)cc21. The van der Waals surface area contributed by atoms with Crippen LogP contribution in [0.1, 0.15) is 43.4 Å². The first kappa shape index (κ1) is 21.0. The Morgan fingerprint density at radius 1 is 1.10 bits per heavy atom. The van der Waals surface area contributed by atoms with E-state index in [1.165, 1.54) is 11.1 Å². The largest absolute Gasteiger partial charge is 0.381 e. The van der Waals surface area contributed by atoms with Gasteiger partial charge in [-0.15, -0.1) is 0 Å². The quantitative estimate of drug-likeness (QED) is 0.467. The highest BCUT2D eigenvalue weighted by Gasteiger charge is 2.23. The number of fused-ring (bicyclic) bond motifs is 1. The summed E-state index contributed by atoms with van der Waals surface area (Å²) in [6.45, 7) is 6.08. The minimum atomic E-state index is 0.0642. The maximum absolute atomic E-state index is 6.48. The van der Waals surface area contributed by atoms with Crippen LogP contribution in [0, 0.1) is 0 Å². The normalized spacial score (nSPS) is 19.5. The molecule has 0 aliphatic carbocycles. The van der Waals surface area contributed by atoms with E-state index in [1.807, 2.05) is 18.5 Å². The molecule has 2 aliphatic rings. The third-order valence-corrected chi connectivity index (χ3v) is 7.29. The molecule has 3 aromatic rings. The second-order valence-corrected chi connectivity index (χ2v) is 9.36. The second-order valence-electron chi connectivity index (χ2n) is 8.51. The Hall–Kier alpha value is -1.85. The summed E-state index contributed by atoms with van der Waals surface area (Å²) in [5.74, 6) is 0. The highest BCUT2D eigenvalue weighted by atomic mass is 35.5. The molecule has 1 atom stereocenters. The number of nitrogens with zero attached hydrogens (tertiary/aromatic N) is 3. The zero-order valence-corrected chi connectivity index (χ0v) is 19.2. The van der Waals surface area contributed by atoms with Gasteiger partial charge in [0.15, 0.2) is 0 Å². The first-order valence-electron chi connectivity index (χ1n) is 11.0. The van der Waals surface area contributed by atoms with E-state index in [-0.39, 0.29) is 6.04 Å². The van der Waals surface area contributed by atoms with Crippen LogP contribution in [0.3, 0.4) is 0 Å². The first-order chi connectivity index (χ1) is 15.1. The van der Waals surface area contributed by atoms with E-state index in [2.05, 4.69) is 45.6 Å². The molecule has 0 saturated carbocycles. The van der Waals surface area contributed by atoms with Crippen molar-refractivity contribution < 1.29 is 4.74 Å². The van der Waals surface area contributed by atoms with Crippen molar-refractivity contribution in [1.82, 2.24) is 14.5 Å². The van der Waals surface area contributed by atoms with Crippen LogP contribution in [0.4, 0.5) is 0 Å². The molecular formula is C25H27Cl2N3O. The fourth-order valence-corrected chi connectivity index (χ4v) is 5.42. The average Bonchev–Trinajstić information content (AvgIpc) is 3.23. The van der Waals surface area contributed by atoms with Crippen molar-refractivity contribution in [1.29, 1.82) is 0 Å². The lowest BCUT2D eigenvalue weighted by Crippen LogP contribution is -2.41. The van der Waals surface area contributed by atoms with Crippen molar-refractivity contribution in [3.8, 4) is 0 Å². The van der Waals surface area contributed by atoms with Crippen molar-refractivity contribution in [3.05, 3.63) is 70.0 Å². The molecule has 1 saturated heterocycles. The second kappa shape index (κ2) is 8.95. The lowest BCUT2D eigenvalue weighted by Gasteiger charge is -2.36. The van der Waals surface area contributed by atoms with Gasteiger partial charge in [-0.05, 0) is 67.2 Å². The maximum atomic E-state index is 6.48. The number of rotatable bonds is 4. The third-order valence-electron chi connectivity index (χ3n) is 6.72. The summed E-state index contributed by atoms with van der Waals surface area (Å²) in [5.41, 5.74) is 5.88. The van der Waals surface area contributed by atoms with Crippen molar-refractivity contribution in [2.24, 2.45) is 0 Å². The van der Waals surface area contributed by atoms with Crippen molar-refractivity contribution in [3.63, 3.8) is 0 Å². The van der Waals surface area contributed by atoms with Gasteiger partial charge in [-0.1, -0.05) is 41.4 Å². The number of ether oxygens (including phenoxy) is 1. The van der Waals surface area contributed by atoms with Gasteiger partial charge in [-0.25, -0.2) is 4.98 Å². The van der Waals surface area contributed by atoms with E-state index in [1.54, 1.807) is 6.07 Å². The predicted octanol–water partition coefficient (Wildman–Crippen LogP) is 6.22. The van der Waals surface area contributed by atoms with E-state index in [9.17, 15) is 0 Å². The van der Waals surface area contributed by atoms with Crippen LogP contribution >= 0.6 is 23.2 Å². The molecule has 6 heteroatoms. The van der Waals surface area contributed by atoms with Gasteiger partial charge in [0.25, 0.3) is 0 Å². The van der Waals surface area contributed by atoms with E-state index >= 15 is 0 Å². The van der Waals surface area contributed by atoms with Gasteiger partial charge in [-0.2, -0.15) is 0 Å². The molecule has 0 spiro atoms. The molecule has 1 unspecified atom stereocenters. The summed E-state index contributed by atoms with van der Waals surface area (Å²) < 4.78 is 7.72. The Kier molecular flexibility index (Phi) is 6.07. The standard InChI is InChI=1S/C25H27Cl2N3O/c1-17(22-4-3-20(26)15-23(22)27)30-16-28-24-5-2-19(14-25(24)30)18-6-10-29(11-7-18)21-8-12-31-13-9-21/h2-6,14-17,21H,7-13H2,1H3. The molecule has 1 fully saturated rings. The zero-order chi connectivity index (χ0) is 21.4. The molecule has 31 heavy (non-hydrogen) atoms. The van der Waals surface area contributed by atoms with E-state index < -0.39 is 0 Å². The summed E-state index contributed by atoms with van der Waals surface area (Å²) >= 11 is 12.6. The van der Waals surface area contributed by atoms with Gasteiger partial charge in [0.05, 0.1) is 23.4 Å². The molecule has 4 nitrogen and oxygen atoms in total. The number of benzene rings is 2. The fourth-order valence-electron chi connectivity index (χ4n) is 4.85. The van der Waals surface area contributed by atoms with Gasteiger partial charge < -0.3 is 9.30 Å². The van der Waals surface area contributed by atoms with Gasteiger partial charge >= 0.3 is 0 Å².